The number of aliphatic carboxylic acids is 1. The van der Waals surface area contributed by atoms with Crippen LogP contribution in [-0.2, 0) is 11.2 Å². The Morgan fingerprint density at radius 1 is 1.19 bits per heavy atom. The molecular weight excluding hydrogens is 360 g/mol. The van der Waals surface area contributed by atoms with Crippen LogP contribution >= 0.6 is 11.6 Å². The van der Waals surface area contributed by atoms with Crippen LogP contribution in [0.15, 0.2) is 48.5 Å². The zero-order valence-corrected chi connectivity index (χ0v) is 16.5. The molecule has 2 atom stereocenters. The summed E-state index contributed by atoms with van der Waals surface area (Å²) in [6.45, 7) is 4.44. The minimum atomic E-state index is -0.704. The molecule has 27 heavy (non-hydrogen) atoms. The molecule has 4 nitrogen and oxygen atoms in total. The van der Waals surface area contributed by atoms with Gasteiger partial charge in [-0.05, 0) is 41.7 Å². The molecule has 1 unspecified atom stereocenters. The fraction of sp³-hybridized carbons (Fsp3) is 0.409. The van der Waals surface area contributed by atoms with Crippen molar-refractivity contribution >= 4 is 17.6 Å². The molecule has 2 N–H and O–H groups in total. The Bertz CT molecular complexity index is 746. The van der Waals surface area contributed by atoms with Crippen LogP contribution in [0.25, 0.3) is 11.1 Å². The highest BCUT2D eigenvalue weighted by Gasteiger charge is 2.29. The number of nitrogens with one attached hydrogen (secondary N) is 1. The summed E-state index contributed by atoms with van der Waals surface area (Å²) < 4.78 is 0. The third kappa shape index (κ3) is 5.32. The van der Waals surface area contributed by atoms with Gasteiger partial charge in [0.15, 0.2) is 0 Å². The third-order valence-electron chi connectivity index (χ3n) is 5.19. The first kappa shape index (κ1) is 19.9. The highest BCUT2D eigenvalue weighted by atomic mass is 35.5. The fourth-order valence-electron chi connectivity index (χ4n) is 3.77. The molecule has 0 amide bonds. The van der Waals surface area contributed by atoms with Gasteiger partial charge in [0, 0.05) is 30.7 Å². The average Bonchev–Trinajstić information content (AvgIpc) is 2.67. The minimum Gasteiger partial charge on any atom is -0.480 e. The fourth-order valence-corrected chi connectivity index (χ4v) is 3.89. The maximum Gasteiger partial charge on any atom is 0.320 e. The molecule has 0 radical (unpaired) electrons. The Hall–Kier alpha value is -1.88. The maximum absolute atomic E-state index is 11.6. The van der Waals surface area contributed by atoms with Crippen molar-refractivity contribution in [1.82, 2.24) is 10.2 Å². The monoisotopic (exact) mass is 386 g/mol. The van der Waals surface area contributed by atoms with E-state index in [-0.39, 0.29) is 12.1 Å². The molecule has 1 fully saturated rings. The summed E-state index contributed by atoms with van der Waals surface area (Å²) in [5.74, 6) is -0.704. The smallest absolute Gasteiger partial charge is 0.320 e. The van der Waals surface area contributed by atoms with E-state index < -0.39 is 5.97 Å². The van der Waals surface area contributed by atoms with Gasteiger partial charge in [0.2, 0.25) is 0 Å². The SMILES string of the molecule is CCC[C@H](C(=O)O)N1CCNC(Cc2ccc(-c3ccc(Cl)cc3)cc2)C1. The van der Waals surface area contributed by atoms with Gasteiger partial charge in [0.05, 0.1) is 0 Å². The Balaban J connectivity index is 1.62. The lowest BCUT2D eigenvalue weighted by molar-refractivity contribution is -0.144. The van der Waals surface area contributed by atoms with E-state index in [2.05, 4.69) is 34.5 Å². The summed E-state index contributed by atoms with van der Waals surface area (Å²) in [6.07, 6.45) is 2.49. The highest BCUT2D eigenvalue weighted by Crippen LogP contribution is 2.22. The van der Waals surface area contributed by atoms with E-state index in [1.54, 1.807) is 0 Å². The lowest BCUT2D eigenvalue weighted by atomic mass is 9.99. The second-order valence-corrected chi connectivity index (χ2v) is 7.63. The standard InChI is InChI=1S/C22H27ClN2O2/c1-2-3-21(22(26)27)25-13-12-24-20(15-25)14-16-4-6-17(7-5-16)18-8-10-19(23)11-9-18/h4-11,20-21,24H,2-3,12-15H2,1H3,(H,26,27)/t20?,21-/m1/s1. The van der Waals surface area contributed by atoms with Crippen LogP contribution < -0.4 is 5.32 Å². The van der Waals surface area contributed by atoms with E-state index in [0.717, 1.165) is 43.1 Å². The number of hydrogen-bond acceptors (Lipinski definition) is 3. The molecule has 1 heterocycles. The predicted octanol–water partition coefficient (Wildman–Crippen LogP) is 4.08. The number of carbonyl (C=O) groups is 1. The minimum absolute atomic E-state index is 0.277. The maximum atomic E-state index is 11.6. The van der Waals surface area contributed by atoms with Crippen molar-refractivity contribution in [3.63, 3.8) is 0 Å². The molecule has 2 aromatic carbocycles. The summed E-state index contributed by atoms with van der Waals surface area (Å²) in [4.78, 5) is 13.7. The number of carboxylic acids is 1. The van der Waals surface area contributed by atoms with Crippen molar-refractivity contribution in [2.45, 2.75) is 38.3 Å². The Labute approximate surface area is 166 Å². The van der Waals surface area contributed by atoms with E-state index >= 15 is 0 Å². The Morgan fingerprint density at radius 3 is 2.41 bits per heavy atom. The van der Waals surface area contributed by atoms with Crippen molar-refractivity contribution in [2.24, 2.45) is 0 Å². The second-order valence-electron chi connectivity index (χ2n) is 7.20. The van der Waals surface area contributed by atoms with E-state index in [0.29, 0.717) is 6.42 Å². The quantitative estimate of drug-likeness (QED) is 0.752. The molecule has 3 rings (SSSR count). The van der Waals surface area contributed by atoms with Crippen molar-refractivity contribution in [3.05, 3.63) is 59.1 Å². The van der Waals surface area contributed by atoms with Gasteiger partial charge in [-0.15, -0.1) is 0 Å². The average molecular weight is 387 g/mol. The van der Waals surface area contributed by atoms with Gasteiger partial charge in [0.25, 0.3) is 0 Å². The lowest BCUT2D eigenvalue weighted by Crippen LogP contribution is -2.56. The van der Waals surface area contributed by atoms with Crippen LogP contribution in [0.1, 0.15) is 25.3 Å². The highest BCUT2D eigenvalue weighted by molar-refractivity contribution is 6.30. The zero-order chi connectivity index (χ0) is 19.2. The topological polar surface area (TPSA) is 52.6 Å². The first-order valence-electron chi connectivity index (χ1n) is 9.62. The summed E-state index contributed by atoms with van der Waals surface area (Å²) in [5, 5.41) is 13.8. The number of nitrogens with zero attached hydrogens (tertiary/aromatic N) is 1. The molecule has 144 valence electrons. The number of carboxylic acid groups (broad SMARTS) is 1. The van der Waals surface area contributed by atoms with E-state index in [1.807, 2.05) is 31.2 Å². The van der Waals surface area contributed by atoms with Crippen LogP contribution in [0, 0.1) is 0 Å². The van der Waals surface area contributed by atoms with Crippen molar-refractivity contribution in [3.8, 4) is 11.1 Å². The van der Waals surface area contributed by atoms with E-state index in [9.17, 15) is 9.90 Å². The molecule has 1 aliphatic heterocycles. The van der Waals surface area contributed by atoms with Crippen LogP contribution in [0.4, 0.5) is 0 Å². The molecule has 5 heteroatoms. The van der Waals surface area contributed by atoms with Crippen molar-refractivity contribution in [2.75, 3.05) is 19.6 Å². The molecule has 0 bridgehead atoms. The normalized spacial score (nSPS) is 19.0. The Morgan fingerprint density at radius 2 is 1.81 bits per heavy atom. The lowest BCUT2D eigenvalue weighted by Gasteiger charge is -2.37. The number of halogens is 1. The zero-order valence-electron chi connectivity index (χ0n) is 15.7. The summed E-state index contributed by atoms with van der Waals surface area (Å²) in [6, 6.07) is 16.4. The van der Waals surface area contributed by atoms with E-state index in [4.69, 9.17) is 11.6 Å². The van der Waals surface area contributed by atoms with Crippen LogP contribution in [0.2, 0.25) is 5.02 Å². The van der Waals surface area contributed by atoms with Gasteiger partial charge in [-0.3, -0.25) is 9.69 Å². The van der Waals surface area contributed by atoms with Gasteiger partial charge in [0.1, 0.15) is 6.04 Å². The van der Waals surface area contributed by atoms with Gasteiger partial charge in [-0.2, -0.15) is 0 Å². The van der Waals surface area contributed by atoms with Crippen molar-refractivity contribution in [1.29, 1.82) is 0 Å². The molecule has 2 aromatic rings. The molecular formula is C22H27ClN2O2. The summed E-state index contributed by atoms with van der Waals surface area (Å²) in [7, 11) is 0. The van der Waals surface area contributed by atoms with Gasteiger partial charge in [-0.25, -0.2) is 0 Å². The first-order chi connectivity index (χ1) is 13.1. The molecule has 0 aromatic heterocycles. The van der Waals surface area contributed by atoms with Gasteiger partial charge < -0.3 is 10.4 Å². The largest absolute Gasteiger partial charge is 0.480 e. The van der Waals surface area contributed by atoms with Crippen molar-refractivity contribution < 1.29 is 9.90 Å². The van der Waals surface area contributed by atoms with Crippen LogP contribution in [-0.4, -0.2) is 47.7 Å². The molecule has 1 saturated heterocycles. The molecule has 1 aliphatic rings. The predicted molar refractivity (Wildman–Crippen MR) is 110 cm³/mol. The summed E-state index contributed by atoms with van der Waals surface area (Å²) in [5.41, 5.74) is 3.58. The second kappa shape index (κ2) is 9.36. The third-order valence-corrected chi connectivity index (χ3v) is 5.44. The first-order valence-corrected chi connectivity index (χ1v) is 9.99. The number of benzene rings is 2. The molecule has 0 saturated carbocycles. The number of rotatable bonds is 7. The Kier molecular flexibility index (Phi) is 6.89. The number of piperazine rings is 1. The number of hydrogen-bond donors (Lipinski definition) is 2. The molecule has 0 spiro atoms. The van der Waals surface area contributed by atoms with Gasteiger partial charge >= 0.3 is 5.97 Å². The van der Waals surface area contributed by atoms with Gasteiger partial charge in [-0.1, -0.05) is 61.3 Å². The molecule has 0 aliphatic carbocycles. The van der Waals surface area contributed by atoms with E-state index in [1.165, 1.54) is 11.1 Å². The van der Waals surface area contributed by atoms with Crippen LogP contribution in [0.5, 0.6) is 0 Å². The van der Waals surface area contributed by atoms with Crippen LogP contribution in [0.3, 0.4) is 0 Å². The summed E-state index contributed by atoms with van der Waals surface area (Å²) >= 11 is 5.96.